The van der Waals surface area contributed by atoms with Gasteiger partial charge in [0.2, 0.25) is 0 Å². The smallest absolute Gasteiger partial charge is 0.253 e. The summed E-state index contributed by atoms with van der Waals surface area (Å²) in [5.41, 5.74) is 3.62. The van der Waals surface area contributed by atoms with Gasteiger partial charge >= 0.3 is 0 Å². The molecule has 1 atom stereocenters. The zero-order chi connectivity index (χ0) is 23.5. The molecule has 0 saturated carbocycles. The molecule has 0 aliphatic carbocycles. The monoisotopic (exact) mass is 458 g/mol. The number of H-pyrrole nitrogens is 1. The number of likely N-dealkylation sites (tertiary alicyclic amines) is 1. The van der Waals surface area contributed by atoms with Crippen LogP contribution >= 0.6 is 0 Å². The lowest BCUT2D eigenvalue weighted by Crippen LogP contribution is -2.36. The molecule has 1 aliphatic rings. The molecule has 2 aromatic heterocycles. The van der Waals surface area contributed by atoms with Crippen molar-refractivity contribution in [3.8, 4) is 5.75 Å². The average Bonchev–Trinajstić information content (AvgIpc) is 3.11. The van der Waals surface area contributed by atoms with Crippen LogP contribution in [0.15, 0.2) is 53.3 Å². The normalized spacial score (nSPS) is 15.8. The fraction of sp³-hybridized carbons (Fsp3) is 0.385. The maximum atomic E-state index is 13.4. The second-order valence-electron chi connectivity index (χ2n) is 9.04. The van der Waals surface area contributed by atoms with E-state index >= 15 is 0 Å². The van der Waals surface area contributed by atoms with Gasteiger partial charge in [-0.05, 0) is 84.1 Å². The minimum absolute atomic E-state index is 0.0913. The number of benzene rings is 2. The Balaban J connectivity index is 1.58. The van der Waals surface area contributed by atoms with Gasteiger partial charge in [0.1, 0.15) is 11.8 Å². The number of nitrogens with one attached hydrogen (secondary N) is 1. The van der Waals surface area contributed by atoms with Gasteiger partial charge < -0.3 is 9.72 Å². The first-order valence-electron chi connectivity index (χ1n) is 11.9. The lowest BCUT2D eigenvalue weighted by Gasteiger charge is -2.29. The lowest BCUT2D eigenvalue weighted by molar-refractivity contribution is 0.220. The quantitative estimate of drug-likeness (QED) is 0.472. The van der Waals surface area contributed by atoms with Gasteiger partial charge in [-0.1, -0.05) is 37.1 Å². The number of pyridine rings is 1. The number of aromatic amines is 1. The molecule has 3 heterocycles. The average molecular weight is 459 g/mol. The Labute approximate surface area is 198 Å². The Morgan fingerprint density at radius 1 is 1.03 bits per heavy atom. The van der Waals surface area contributed by atoms with E-state index in [9.17, 15) is 4.79 Å². The third-order valence-electron chi connectivity index (χ3n) is 6.63. The topological polar surface area (TPSA) is 88.9 Å². The van der Waals surface area contributed by atoms with Gasteiger partial charge in [0.05, 0.1) is 13.7 Å². The summed E-state index contributed by atoms with van der Waals surface area (Å²) < 4.78 is 7.09. The summed E-state index contributed by atoms with van der Waals surface area (Å²) in [6, 6.07) is 15.7. The van der Waals surface area contributed by atoms with Gasteiger partial charge in [0, 0.05) is 11.1 Å². The molecule has 0 amide bonds. The number of rotatable bonds is 6. The predicted octanol–water partition coefficient (Wildman–Crippen LogP) is 3.85. The number of methoxy groups -OCH3 is 1. The zero-order valence-electron chi connectivity index (χ0n) is 19.7. The first-order chi connectivity index (χ1) is 16.6. The van der Waals surface area contributed by atoms with E-state index in [-0.39, 0.29) is 11.6 Å². The fourth-order valence-electron chi connectivity index (χ4n) is 4.81. The summed E-state index contributed by atoms with van der Waals surface area (Å²) in [4.78, 5) is 18.8. The maximum Gasteiger partial charge on any atom is 0.253 e. The Bertz CT molecular complexity index is 1320. The summed E-state index contributed by atoms with van der Waals surface area (Å²) in [5, 5.41) is 13.8. The summed E-state index contributed by atoms with van der Waals surface area (Å²) in [6.07, 6.45) is 4.60. The third kappa shape index (κ3) is 4.59. The van der Waals surface area contributed by atoms with E-state index in [2.05, 4.69) is 37.5 Å². The Morgan fingerprint density at radius 2 is 1.79 bits per heavy atom. The van der Waals surface area contributed by atoms with E-state index in [1.807, 2.05) is 48.0 Å². The maximum absolute atomic E-state index is 13.4. The number of nitrogens with zero attached hydrogens (tertiary/aromatic N) is 5. The van der Waals surface area contributed by atoms with Gasteiger partial charge in [-0.2, -0.15) is 0 Å². The number of hydrogen-bond donors (Lipinski definition) is 1. The molecule has 1 saturated heterocycles. The van der Waals surface area contributed by atoms with Crippen molar-refractivity contribution in [1.82, 2.24) is 30.1 Å². The van der Waals surface area contributed by atoms with E-state index in [4.69, 9.17) is 4.74 Å². The van der Waals surface area contributed by atoms with Gasteiger partial charge in [0.25, 0.3) is 5.56 Å². The molecule has 176 valence electrons. The van der Waals surface area contributed by atoms with Crippen LogP contribution in [0.3, 0.4) is 0 Å². The van der Waals surface area contributed by atoms with Crippen molar-refractivity contribution < 1.29 is 4.74 Å². The molecular weight excluding hydrogens is 428 g/mol. The molecule has 8 nitrogen and oxygen atoms in total. The second-order valence-corrected chi connectivity index (χ2v) is 9.04. The van der Waals surface area contributed by atoms with Crippen molar-refractivity contribution in [3.05, 3.63) is 81.4 Å². The van der Waals surface area contributed by atoms with E-state index in [0.717, 1.165) is 53.7 Å². The minimum Gasteiger partial charge on any atom is -0.497 e. The largest absolute Gasteiger partial charge is 0.497 e. The number of aromatic nitrogens is 5. The highest BCUT2D eigenvalue weighted by Crippen LogP contribution is 2.29. The van der Waals surface area contributed by atoms with Gasteiger partial charge in [0.15, 0.2) is 5.82 Å². The molecule has 34 heavy (non-hydrogen) atoms. The highest BCUT2D eigenvalue weighted by Gasteiger charge is 2.30. The van der Waals surface area contributed by atoms with Gasteiger partial charge in [-0.25, -0.2) is 4.68 Å². The van der Waals surface area contributed by atoms with Crippen LogP contribution in [0.1, 0.15) is 54.2 Å². The van der Waals surface area contributed by atoms with E-state index < -0.39 is 0 Å². The van der Waals surface area contributed by atoms with Crippen LogP contribution in [0.25, 0.3) is 10.9 Å². The molecule has 1 aliphatic heterocycles. The van der Waals surface area contributed by atoms with Gasteiger partial charge in [-0.15, -0.1) is 5.10 Å². The van der Waals surface area contributed by atoms with Crippen LogP contribution in [0.2, 0.25) is 0 Å². The van der Waals surface area contributed by atoms with Crippen LogP contribution < -0.4 is 10.3 Å². The zero-order valence-corrected chi connectivity index (χ0v) is 19.7. The molecule has 8 heteroatoms. The first kappa shape index (κ1) is 22.3. The molecule has 2 aromatic carbocycles. The van der Waals surface area contributed by atoms with Crippen molar-refractivity contribution in [2.24, 2.45) is 0 Å². The minimum atomic E-state index is -0.319. The van der Waals surface area contributed by atoms with Crippen molar-refractivity contribution in [3.63, 3.8) is 0 Å². The number of ether oxygens (including phenoxy) is 1. The second kappa shape index (κ2) is 9.77. The molecule has 0 bridgehead atoms. The summed E-state index contributed by atoms with van der Waals surface area (Å²) in [5.74, 6) is 1.50. The molecule has 1 N–H and O–H groups in total. The van der Waals surface area contributed by atoms with Crippen molar-refractivity contribution in [1.29, 1.82) is 0 Å². The fourth-order valence-corrected chi connectivity index (χ4v) is 4.81. The van der Waals surface area contributed by atoms with E-state index in [1.54, 1.807) is 7.11 Å². The predicted molar refractivity (Wildman–Crippen MR) is 131 cm³/mol. The van der Waals surface area contributed by atoms with Crippen LogP contribution in [0, 0.1) is 6.92 Å². The van der Waals surface area contributed by atoms with Crippen LogP contribution in [-0.4, -0.2) is 50.3 Å². The number of fused-ring (bicyclic) bond motifs is 1. The molecule has 1 fully saturated rings. The van der Waals surface area contributed by atoms with Crippen molar-refractivity contribution in [2.45, 2.75) is 45.2 Å². The Kier molecular flexibility index (Phi) is 6.40. The standard InChI is InChI=1S/C26H30N6O2/c1-18-7-10-20-16-22(26(33)27-23(20)15-18)24(31-13-5-3-4-6-14-31)25-28-29-30-32(25)17-19-8-11-21(34-2)12-9-19/h7-12,15-16,24H,3-6,13-14,17H2,1-2H3,(H,27,33)/t24-/m1/s1. The van der Waals surface area contributed by atoms with E-state index in [1.165, 1.54) is 12.8 Å². The Morgan fingerprint density at radius 3 is 2.53 bits per heavy atom. The van der Waals surface area contributed by atoms with Crippen LogP contribution in [0.5, 0.6) is 5.75 Å². The molecular formula is C26H30N6O2. The summed E-state index contributed by atoms with van der Waals surface area (Å²) >= 11 is 0. The highest BCUT2D eigenvalue weighted by atomic mass is 16.5. The molecule has 0 unspecified atom stereocenters. The first-order valence-corrected chi connectivity index (χ1v) is 11.9. The van der Waals surface area contributed by atoms with Crippen molar-refractivity contribution >= 4 is 10.9 Å². The number of aryl methyl sites for hydroxylation is 1. The SMILES string of the molecule is COc1ccc(Cn2nnnc2[C@@H](c2cc3ccc(C)cc3[nH]c2=O)N2CCCCCC2)cc1. The Hall–Kier alpha value is -3.52. The van der Waals surface area contributed by atoms with Crippen LogP contribution in [-0.2, 0) is 6.54 Å². The lowest BCUT2D eigenvalue weighted by atomic mass is 10.0. The van der Waals surface area contributed by atoms with Crippen molar-refractivity contribution in [2.75, 3.05) is 20.2 Å². The summed E-state index contributed by atoms with van der Waals surface area (Å²) in [6.45, 7) is 4.36. The van der Waals surface area contributed by atoms with Crippen LogP contribution in [0.4, 0.5) is 0 Å². The number of tetrazole rings is 1. The number of hydrogen-bond acceptors (Lipinski definition) is 6. The highest BCUT2D eigenvalue weighted by molar-refractivity contribution is 5.79. The molecule has 4 aromatic rings. The summed E-state index contributed by atoms with van der Waals surface area (Å²) in [7, 11) is 1.66. The van der Waals surface area contributed by atoms with Gasteiger partial charge in [-0.3, -0.25) is 9.69 Å². The van der Waals surface area contributed by atoms with E-state index in [0.29, 0.717) is 17.9 Å². The molecule has 0 radical (unpaired) electrons. The molecule has 0 spiro atoms. The molecule has 5 rings (SSSR count). The third-order valence-corrected chi connectivity index (χ3v) is 6.63.